The van der Waals surface area contributed by atoms with Crippen molar-refractivity contribution in [3.8, 4) is 0 Å². The average Bonchev–Trinajstić information content (AvgIpc) is 3.10. The molecule has 3 rings (SSSR count). The summed E-state index contributed by atoms with van der Waals surface area (Å²) in [5.74, 6) is -0.133. The van der Waals surface area contributed by atoms with Gasteiger partial charge in [-0.3, -0.25) is 4.79 Å². The topological polar surface area (TPSA) is 66.3 Å². The molecule has 0 spiro atoms. The molecule has 1 aromatic heterocycles. The minimum absolute atomic E-state index is 0.133. The van der Waals surface area contributed by atoms with Gasteiger partial charge in [-0.25, -0.2) is 0 Å². The molecule has 1 unspecified atom stereocenters. The van der Waals surface area contributed by atoms with Gasteiger partial charge in [0.25, 0.3) is 5.91 Å². The molecule has 5 nitrogen and oxygen atoms in total. The van der Waals surface area contributed by atoms with E-state index in [1.165, 1.54) is 0 Å². The number of carbonyl (C=O) groups is 1. The Kier molecular flexibility index (Phi) is 5.33. The highest BCUT2D eigenvalue weighted by Crippen LogP contribution is 2.21. The number of amides is 1. The first-order chi connectivity index (χ1) is 11.7. The van der Waals surface area contributed by atoms with Crippen molar-refractivity contribution in [3.63, 3.8) is 0 Å². The number of aliphatic hydroxyl groups is 1. The number of hydrogen-bond acceptors (Lipinski definition) is 3. The van der Waals surface area contributed by atoms with Crippen LogP contribution in [-0.4, -0.2) is 35.2 Å². The van der Waals surface area contributed by atoms with E-state index < -0.39 is 6.10 Å². The van der Waals surface area contributed by atoms with Gasteiger partial charge in [0.1, 0.15) is 5.69 Å². The first-order valence-corrected chi connectivity index (χ1v) is 8.56. The monoisotopic (exact) mass is 327 g/mol. The minimum Gasteiger partial charge on any atom is -0.387 e. The minimum atomic E-state index is -0.697. The van der Waals surface area contributed by atoms with E-state index in [2.05, 4.69) is 15.2 Å². The summed E-state index contributed by atoms with van der Waals surface area (Å²) in [5.41, 5.74) is 2.54. The normalized spacial score (nSPS) is 16.8. The summed E-state index contributed by atoms with van der Waals surface area (Å²) >= 11 is 0. The number of carbonyl (C=O) groups excluding carboxylic acids is 1. The van der Waals surface area contributed by atoms with E-state index in [1.807, 2.05) is 49.5 Å². The number of benzene rings is 1. The number of aliphatic hydroxyl groups excluding tert-OH is 1. The highest BCUT2D eigenvalue weighted by Gasteiger charge is 2.20. The molecule has 1 aromatic carbocycles. The number of aromatic nitrogens is 1. The van der Waals surface area contributed by atoms with E-state index in [0.717, 1.165) is 37.1 Å². The van der Waals surface area contributed by atoms with Crippen LogP contribution in [0, 0.1) is 6.92 Å². The largest absolute Gasteiger partial charge is 0.387 e. The van der Waals surface area contributed by atoms with Crippen molar-refractivity contribution in [2.24, 2.45) is 0 Å². The van der Waals surface area contributed by atoms with Crippen molar-refractivity contribution in [3.05, 3.63) is 59.4 Å². The van der Waals surface area contributed by atoms with Gasteiger partial charge in [-0.2, -0.15) is 0 Å². The molecule has 5 heteroatoms. The van der Waals surface area contributed by atoms with Crippen LogP contribution in [0.3, 0.4) is 0 Å². The predicted molar refractivity (Wildman–Crippen MR) is 94.0 cm³/mol. The number of nitrogens with zero attached hydrogens (tertiary/aromatic N) is 1. The summed E-state index contributed by atoms with van der Waals surface area (Å²) in [7, 11) is 0. The van der Waals surface area contributed by atoms with Crippen molar-refractivity contribution in [2.45, 2.75) is 31.9 Å². The zero-order chi connectivity index (χ0) is 16.9. The molecule has 24 heavy (non-hydrogen) atoms. The molecule has 2 heterocycles. The molecule has 1 fully saturated rings. The highest BCUT2D eigenvalue weighted by atomic mass is 16.3. The Balaban J connectivity index is 1.63. The molecule has 3 N–H and O–H groups in total. The molecular formula is C19H25N3O2. The lowest BCUT2D eigenvalue weighted by molar-refractivity contribution is 0.0903. The molecule has 0 saturated carbocycles. The predicted octanol–water partition coefficient (Wildman–Crippen LogP) is 2.18. The molecule has 0 bridgehead atoms. The van der Waals surface area contributed by atoms with E-state index in [9.17, 15) is 9.90 Å². The maximum absolute atomic E-state index is 12.5. The van der Waals surface area contributed by atoms with Crippen LogP contribution in [0.2, 0.25) is 0 Å². The summed E-state index contributed by atoms with van der Waals surface area (Å²) in [6.45, 7) is 4.13. The van der Waals surface area contributed by atoms with E-state index in [0.29, 0.717) is 11.7 Å². The Morgan fingerprint density at radius 2 is 2.04 bits per heavy atom. The molecular weight excluding hydrogens is 302 g/mol. The summed E-state index contributed by atoms with van der Waals surface area (Å²) in [5, 5.41) is 16.5. The van der Waals surface area contributed by atoms with Crippen LogP contribution in [-0.2, 0) is 0 Å². The fraction of sp³-hybridized carbons (Fsp3) is 0.421. The summed E-state index contributed by atoms with van der Waals surface area (Å²) < 4.78 is 2.07. The standard InChI is InChI=1S/C19H25N3O2/c1-14-5-2-3-6-16(14)18(23)13-21-19(24)17-7-4-12-22(17)15-8-10-20-11-9-15/h2-7,12,15,18,20,23H,8-11,13H2,1H3,(H,21,24). The van der Waals surface area contributed by atoms with Gasteiger partial charge in [0.2, 0.25) is 0 Å². The third-order valence-electron chi connectivity index (χ3n) is 4.72. The third-order valence-corrected chi connectivity index (χ3v) is 4.72. The van der Waals surface area contributed by atoms with Crippen LogP contribution in [0.4, 0.5) is 0 Å². The fourth-order valence-corrected chi connectivity index (χ4v) is 3.34. The van der Waals surface area contributed by atoms with Gasteiger partial charge in [-0.15, -0.1) is 0 Å². The van der Waals surface area contributed by atoms with E-state index >= 15 is 0 Å². The lowest BCUT2D eigenvalue weighted by Crippen LogP contribution is -2.33. The zero-order valence-electron chi connectivity index (χ0n) is 14.0. The summed E-state index contributed by atoms with van der Waals surface area (Å²) in [6.07, 6.45) is 3.34. The maximum Gasteiger partial charge on any atom is 0.268 e. The van der Waals surface area contributed by atoms with Crippen molar-refractivity contribution in [1.82, 2.24) is 15.2 Å². The van der Waals surface area contributed by atoms with Crippen LogP contribution >= 0.6 is 0 Å². The van der Waals surface area contributed by atoms with Crippen molar-refractivity contribution in [1.29, 1.82) is 0 Å². The number of aryl methyl sites for hydroxylation is 1. The van der Waals surface area contributed by atoms with Crippen LogP contribution < -0.4 is 10.6 Å². The summed E-state index contributed by atoms with van der Waals surface area (Å²) in [4.78, 5) is 12.5. The Hall–Kier alpha value is -2.11. The first-order valence-electron chi connectivity index (χ1n) is 8.56. The molecule has 128 valence electrons. The van der Waals surface area contributed by atoms with Gasteiger partial charge in [0.05, 0.1) is 6.10 Å². The maximum atomic E-state index is 12.5. The van der Waals surface area contributed by atoms with Crippen LogP contribution in [0.15, 0.2) is 42.6 Å². The van der Waals surface area contributed by atoms with Crippen molar-refractivity contribution >= 4 is 5.91 Å². The molecule has 1 saturated heterocycles. The van der Waals surface area contributed by atoms with Crippen molar-refractivity contribution in [2.75, 3.05) is 19.6 Å². The fourth-order valence-electron chi connectivity index (χ4n) is 3.34. The Bertz CT molecular complexity index is 689. The van der Waals surface area contributed by atoms with E-state index in [1.54, 1.807) is 0 Å². The first kappa shape index (κ1) is 16.7. The molecule has 1 atom stereocenters. The molecule has 2 aromatic rings. The lowest BCUT2D eigenvalue weighted by Gasteiger charge is -2.26. The second-order valence-electron chi connectivity index (χ2n) is 6.36. The van der Waals surface area contributed by atoms with Gasteiger partial charge in [0.15, 0.2) is 0 Å². The molecule has 1 aliphatic rings. The van der Waals surface area contributed by atoms with Gasteiger partial charge < -0.3 is 20.3 Å². The second kappa shape index (κ2) is 7.64. The van der Waals surface area contributed by atoms with Gasteiger partial charge in [-0.05, 0) is 56.1 Å². The van der Waals surface area contributed by atoms with E-state index in [-0.39, 0.29) is 12.5 Å². The van der Waals surface area contributed by atoms with Gasteiger partial charge in [0, 0.05) is 18.8 Å². The molecule has 0 aliphatic carbocycles. The van der Waals surface area contributed by atoms with Gasteiger partial charge >= 0.3 is 0 Å². The number of piperidine rings is 1. The number of nitrogens with one attached hydrogen (secondary N) is 2. The average molecular weight is 327 g/mol. The Labute approximate surface area is 142 Å². The highest BCUT2D eigenvalue weighted by molar-refractivity contribution is 5.92. The van der Waals surface area contributed by atoms with Crippen LogP contribution in [0.25, 0.3) is 0 Å². The zero-order valence-corrected chi connectivity index (χ0v) is 14.0. The SMILES string of the molecule is Cc1ccccc1C(O)CNC(=O)c1cccn1C1CCNCC1. The van der Waals surface area contributed by atoms with Crippen LogP contribution in [0.1, 0.15) is 46.6 Å². The summed E-state index contributed by atoms with van der Waals surface area (Å²) in [6, 6.07) is 11.8. The molecule has 1 aliphatic heterocycles. The number of rotatable bonds is 5. The third kappa shape index (κ3) is 3.68. The van der Waals surface area contributed by atoms with Gasteiger partial charge in [-0.1, -0.05) is 24.3 Å². The number of hydrogen-bond donors (Lipinski definition) is 3. The van der Waals surface area contributed by atoms with E-state index in [4.69, 9.17) is 0 Å². The lowest BCUT2D eigenvalue weighted by atomic mass is 10.0. The molecule has 0 radical (unpaired) electrons. The van der Waals surface area contributed by atoms with Crippen LogP contribution in [0.5, 0.6) is 0 Å². The Morgan fingerprint density at radius 1 is 1.29 bits per heavy atom. The second-order valence-corrected chi connectivity index (χ2v) is 6.36. The quantitative estimate of drug-likeness (QED) is 0.789. The van der Waals surface area contributed by atoms with Crippen molar-refractivity contribution < 1.29 is 9.90 Å². The molecule has 1 amide bonds. The Morgan fingerprint density at radius 3 is 2.79 bits per heavy atom. The smallest absolute Gasteiger partial charge is 0.268 e.